The summed E-state index contributed by atoms with van der Waals surface area (Å²) in [6.07, 6.45) is 3.06. The Balaban J connectivity index is 1.62. The minimum absolute atomic E-state index is 0.0931. The number of carbonyl (C=O) groups is 1. The first-order valence-electron chi connectivity index (χ1n) is 10.1. The molecule has 0 spiro atoms. The summed E-state index contributed by atoms with van der Waals surface area (Å²) in [5.41, 5.74) is 3.31. The summed E-state index contributed by atoms with van der Waals surface area (Å²) in [5.74, 6) is 1.42. The highest BCUT2D eigenvalue weighted by Crippen LogP contribution is 2.33. The maximum absolute atomic E-state index is 13.0. The van der Waals surface area contributed by atoms with E-state index < -0.39 is 0 Å². The molecule has 0 saturated heterocycles. The first-order chi connectivity index (χ1) is 14.7. The summed E-state index contributed by atoms with van der Waals surface area (Å²) in [4.78, 5) is 13.0. The average molecular weight is 425 g/mol. The largest absolute Gasteiger partial charge is 0.492 e. The van der Waals surface area contributed by atoms with Crippen molar-refractivity contribution in [2.45, 2.75) is 43.9 Å². The van der Waals surface area contributed by atoms with Crippen LogP contribution in [0.4, 0.5) is 5.69 Å². The van der Waals surface area contributed by atoms with E-state index in [4.69, 9.17) is 9.15 Å². The Labute approximate surface area is 178 Å². The summed E-state index contributed by atoms with van der Waals surface area (Å²) in [6.45, 7) is 6.48. The van der Waals surface area contributed by atoms with Crippen molar-refractivity contribution in [1.82, 2.24) is 14.6 Å². The van der Waals surface area contributed by atoms with E-state index in [-0.39, 0.29) is 11.2 Å². The molecule has 3 aromatic heterocycles. The molecule has 1 atom stereocenters. The Bertz CT molecular complexity index is 1180. The summed E-state index contributed by atoms with van der Waals surface area (Å²) >= 11 is 1.41. The fraction of sp³-hybridized carbons (Fsp3) is 0.318. The molecule has 4 rings (SSSR count). The van der Waals surface area contributed by atoms with E-state index in [0.717, 1.165) is 28.9 Å². The number of aryl methyl sites for hydroxylation is 1. The van der Waals surface area contributed by atoms with Crippen LogP contribution in [0.1, 0.15) is 33.0 Å². The normalized spacial score (nSPS) is 12.4. The Hall–Kier alpha value is -3.00. The number of ether oxygens (including phenoxy) is 1. The van der Waals surface area contributed by atoms with Crippen molar-refractivity contribution in [3.05, 3.63) is 48.5 Å². The van der Waals surface area contributed by atoms with Crippen LogP contribution < -0.4 is 10.1 Å². The highest BCUT2D eigenvalue weighted by atomic mass is 32.2. The van der Waals surface area contributed by atoms with Gasteiger partial charge in [0.2, 0.25) is 5.91 Å². The van der Waals surface area contributed by atoms with Crippen LogP contribution >= 0.6 is 11.8 Å². The zero-order valence-electron chi connectivity index (χ0n) is 17.2. The van der Waals surface area contributed by atoms with Crippen molar-refractivity contribution in [3.8, 4) is 5.75 Å². The van der Waals surface area contributed by atoms with Crippen molar-refractivity contribution in [3.63, 3.8) is 0 Å². The molecule has 1 N–H and O–H groups in total. The van der Waals surface area contributed by atoms with E-state index in [9.17, 15) is 4.79 Å². The smallest absolute Gasteiger partial charge is 0.238 e. The van der Waals surface area contributed by atoms with Crippen LogP contribution in [-0.4, -0.2) is 32.4 Å². The number of aromatic nitrogens is 3. The summed E-state index contributed by atoms with van der Waals surface area (Å²) in [7, 11) is 0. The van der Waals surface area contributed by atoms with E-state index in [1.165, 1.54) is 11.8 Å². The average Bonchev–Trinajstić information content (AvgIpc) is 3.35. The van der Waals surface area contributed by atoms with E-state index in [1.807, 2.05) is 57.2 Å². The third-order valence-electron chi connectivity index (χ3n) is 4.83. The fourth-order valence-electron chi connectivity index (χ4n) is 3.39. The molecule has 3 heterocycles. The van der Waals surface area contributed by atoms with Gasteiger partial charge in [-0.15, -0.1) is 10.2 Å². The molecule has 1 aromatic carbocycles. The van der Waals surface area contributed by atoms with Crippen molar-refractivity contribution >= 4 is 40.0 Å². The van der Waals surface area contributed by atoms with E-state index in [0.29, 0.717) is 29.5 Å². The number of furan rings is 1. The van der Waals surface area contributed by atoms with Gasteiger partial charge in [0.1, 0.15) is 16.6 Å². The summed E-state index contributed by atoms with van der Waals surface area (Å²) < 4.78 is 13.3. The molecule has 4 aromatic rings. The summed E-state index contributed by atoms with van der Waals surface area (Å²) in [6, 6.07) is 11.3. The standard InChI is InChI=1S/C22H24N4O3S/c1-4-19(21(27)23-14-9-7-8-10-17(14)28-6-3)30-22-16-13-18-15(11-12-29-18)26(16)20(5-2)24-25-22/h7-13,19H,4-6H2,1-3H3,(H,23,27)/t19-/m1/s1. The van der Waals surface area contributed by atoms with Gasteiger partial charge in [0.05, 0.1) is 34.8 Å². The van der Waals surface area contributed by atoms with Crippen LogP contribution in [0.25, 0.3) is 16.6 Å². The van der Waals surface area contributed by atoms with Gasteiger partial charge >= 0.3 is 0 Å². The van der Waals surface area contributed by atoms with Crippen LogP contribution in [0.5, 0.6) is 5.75 Å². The number of nitrogens with one attached hydrogen (secondary N) is 1. The molecule has 0 unspecified atom stereocenters. The lowest BCUT2D eigenvalue weighted by molar-refractivity contribution is -0.115. The van der Waals surface area contributed by atoms with Gasteiger partial charge in [0.15, 0.2) is 5.58 Å². The third-order valence-corrected chi connectivity index (χ3v) is 6.18. The van der Waals surface area contributed by atoms with Gasteiger partial charge in [-0.25, -0.2) is 0 Å². The second kappa shape index (κ2) is 8.79. The van der Waals surface area contributed by atoms with Crippen LogP contribution in [0.2, 0.25) is 0 Å². The monoisotopic (exact) mass is 424 g/mol. The number of thioether (sulfide) groups is 1. The number of amides is 1. The van der Waals surface area contributed by atoms with Crippen LogP contribution in [0, 0.1) is 0 Å². The number of anilines is 1. The number of para-hydroxylation sites is 2. The molecule has 7 nitrogen and oxygen atoms in total. The Morgan fingerprint density at radius 1 is 1.20 bits per heavy atom. The lowest BCUT2D eigenvalue weighted by atomic mass is 10.2. The van der Waals surface area contributed by atoms with Gasteiger partial charge in [-0.2, -0.15) is 0 Å². The quantitative estimate of drug-likeness (QED) is 0.403. The molecule has 0 aliphatic heterocycles. The second-order valence-corrected chi connectivity index (χ2v) is 7.93. The zero-order chi connectivity index (χ0) is 21.1. The molecular formula is C22H24N4O3S. The lowest BCUT2D eigenvalue weighted by Crippen LogP contribution is -2.25. The first kappa shape index (κ1) is 20.3. The molecule has 1 amide bonds. The molecule has 156 valence electrons. The molecule has 0 radical (unpaired) electrons. The van der Waals surface area contributed by atoms with Crippen LogP contribution in [0.3, 0.4) is 0 Å². The number of rotatable bonds is 8. The number of hydrogen-bond acceptors (Lipinski definition) is 6. The Kier molecular flexibility index (Phi) is 5.94. The van der Waals surface area contributed by atoms with Crippen molar-refractivity contribution in [1.29, 1.82) is 0 Å². The Morgan fingerprint density at radius 2 is 2.03 bits per heavy atom. The molecule has 30 heavy (non-hydrogen) atoms. The minimum atomic E-state index is -0.327. The second-order valence-electron chi connectivity index (χ2n) is 6.74. The highest BCUT2D eigenvalue weighted by molar-refractivity contribution is 8.00. The number of hydrogen-bond donors (Lipinski definition) is 1. The van der Waals surface area contributed by atoms with Crippen molar-refractivity contribution in [2.75, 3.05) is 11.9 Å². The third kappa shape index (κ3) is 3.75. The number of benzene rings is 1. The predicted molar refractivity (Wildman–Crippen MR) is 118 cm³/mol. The van der Waals surface area contributed by atoms with E-state index >= 15 is 0 Å². The lowest BCUT2D eigenvalue weighted by Gasteiger charge is -2.17. The maximum atomic E-state index is 13.0. The topological polar surface area (TPSA) is 81.7 Å². The SMILES string of the molecule is CCOc1ccccc1NC(=O)[C@@H](CC)Sc1nnc(CC)n2c1cc1occc12. The fourth-order valence-corrected chi connectivity index (χ4v) is 4.36. The molecule has 0 aliphatic carbocycles. The maximum Gasteiger partial charge on any atom is 0.238 e. The Morgan fingerprint density at radius 3 is 2.80 bits per heavy atom. The number of fused-ring (bicyclic) bond motifs is 3. The summed E-state index contributed by atoms with van der Waals surface area (Å²) in [5, 5.41) is 12.2. The molecule has 0 aliphatic rings. The molecule has 0 fully saturated rings. The van der Waals surface area contributed by atoms with E-state index in [1.54, 1.807) is 6.26 Å². The number of carbonyl (C=O) groups excluding carboxylic acids is 1. The van der Waals surface area contributed by atoms with Crippen molar-refractivity contribution < 1.29 is 13.9 Å². The van der Waals surface area contributed by atoms with E-state index in [2.05, 4.69) is 19.9 Å². The minimum Gasteiger partial charge on any atom is -0.492 e. The van der Waals surface area contributed by atoms with Crippen LogP contribution in [0.15, 0.2) is 52.1 Å². The van der Waals surface area contributed by atoms with Gasteiger partial charge in [-0.3, -0.25) is 9.20 Å². The first-order valence-corrected chi connectivity index (χ1v) is 11.0. The van der Waals surface area contributed by atoms with Gasteiger partial charge in [0.25, 0.3) is 0 Å². The van der Waals surface area contributed by atoms with Gasteiger partial charge in [-0.1, -0.05) is 37.7 Å². The molecule has 8 heteroatoms. The molecule has 0 bridgehead atoms. The molecule has 0 saturated carbocycles. The predicted octanol–water partition coefficient (Wildman–Crippen LogP) is 4.95. The van der Waals surface area contributed by atoms with Gasteiger partial charge in [-0.05, 0) is 25.5 Å². The van der Waals surface area contributed by atoms with Gasteiger partial charge in [0, 0.05) is 18.6 Å². The van der Waals surface area contributed by atoms with Gasteiger partial charge < -0.3 is 14.5 Å². The van der Waals surface area contributed by atoms with Crippen molar-refractivity contribution in [2.24, 2.45) is 0 Å². The number of nitrogens with zero attached hydrogens (tertiary/aromatic N) is 3. The van der Waals surface area contributed by atoms with Crippen LogP contribution in [-0.2, 0) is 11.2 Å². The molecular weight excluding hydrogens is 400 g/mol. The zero-order valence-corrected chi connectivity index (χ0v) is 18.0. The highest BCUT2D eigenvalue weighted by Gasteiger charge is 2.23.